The summed E-state index contributed by atoms with van der Waals surface area (Å²) in [6.45, 7) is 1.57. The van der Waals surface area contributed by atoms with Crippen LogP contribution in [-0.2, 0) is 4.79 Å². The zero-order valence-electron chi connectivity index (χ0n) is 15.5. The van der Waals surface area contributed by atoms with Crippen LogP contribution < -0.4 is 0 Å². The van der Waals surface area contributed by atoms with Gasteiger partial charge < -0.3 is 5.11 Å². The number of hydrogen-bond donors (Lipinski definition) is 1. The second kappa shape index (κ2) is 11.3. The number of Topliss-reactive ketones (excluding diaryl/α,β-unsaturated/α-hetero) is 1. The number of aliphatic carboxylic acids is 1. The number of carboxylic acid groups (broad SMARTS) is 1. The molecule has 0 amide bonds. The maximum Gasteiger partial charge on any atom is 0.304 e. The van der Waals surface area contributed by atoms with Crippen LogP contribution in [0.5, 0.6) is 0 Å². The number of benzene rings is 3. The number of halogens is 1. The molecule has 5 heteroatoms. The largest absolute Gasteiger partial charge is 0.481 e. The number of ketones is 1. The molecule has 0 heterocycles. The van der Waals surface area contributed by atoms with Gasteiger partial charge >= 0.3 is 5.97 Å². The molecule has 0 aliphatic carbocycles. The van der Waals surface area contributed by atoms with E-state index in [0.717, 1.165) is 26.6 Å². The van der Waals surface area contributed by atoms with Crippen LogP contribution in [0.2, 0.25) is 5.02 Å². The highest BCUT2D eigenvalue weighted by atomic mass is 35.5. The van der Waals surface area contributed by atoms with E-state index >= 15 is 0 Å². The van der Waals surface area contributed by atoms with E-state index in [0.29, 0.717) is 5.75 Å². The Morgan fingerprint density at radius 2 is 1.39 bits per heavy atom. The Balaban J connectivity index is 0.000000209. The number of hydrogen-bond acceptors (Lipinski definition) is 3. The van der Waals surface area contributed by atoms with Crippen molar-refractivity contribution >= 4 is 35.1 Å². The molecule has 0 bridgehead atoms. The number of carbonyl (C=O) groups excluding carboxylic acids is 1. The molecule has 3 rings (SSSR count). The molecule has 28 heavy (non-hydrogen) atoms. The van der Waals surface area contributed by atoms with Crippen LogP contribution in [0.4, 0.5) is 0 Å². The summed E-state index contributed by atoms with van der Waals surface area (Å²) in [7, 11) is 0. The van der Waals surface area contributed by atoms with Crippen molar-refractivity contribution in [3.8, 4) is 11.1 Å². The second-order valence-corrected chi connectivity index (χ2v) is 7.55. The third-order valence-electron chi connectivity index (χ3n) is 3.80. The SMILES string of the molecule is CC(=O)c1ccc(-c2ccc(Cl)cc2)cc1.O=C(O)CCSc1ccccc1. The normalized spacial score (nSPS) is 9.93. The Kier molecular flexibility index (Phi) is 8.79. The quantitative estimate of drug-likeness (QED) is 0.372. The Morgan fingerprint density at radius 3 is 1.89 bits per heavy atom. The topological polar surface area (TPSA) is 54.4 Å². The van der Waals surface area contributed by atoms with Gasteiger partial charge in [-0.15, -0.1) is 11.8 Å². The zero-order chi connectivity index (χ0) is 20.4. The van der Waals surface area contributed by atoms with E-state index < -0.39 is 5.97 Å². The summed E-state index contributed by atoms with van der Waals surface area (Å²) >= 11 is 7.39. The molecule has 0 spiro atoms. The summed E-state index contributed by atoms with van der Waals surface area (Å²) in [5.74, 6) is -0.0135. The van der Waals surface area contributed by atoms with Gasteiger partial charge in [0.05, 0.1) is 6.42 Å². The van der Waals surface area contributed by atoms with Gasteiger partial charge in [0.15, 0.2) is 5.78 Å². The van der Waals surface area contributed by atoms with Crippen molar-refractivity contribution in [1.29, 1.82) is 0 Å². The minimum Gasteiger partial charge on any atom is -0.481 e. The molecule has 0 fully saturated rings. The highest BCUT2D eigenvalue weighted by molar-refractivity contribution is 7.99. The van der Waals surface area contributed by atoms with Gasteiger partial charge in [-0.05, 0) is 42.3 Å². The van der Waals surface area contributed by atoms with E-state index in [2.05, 4.69) is 0 Å². The molecule has 0 aromatic heterocycles. The molecular formula is C23H21ClO3S. The Labute approximate surface area is 174 Å². The summed E-state index contributed by atoms with van der Waals surface area (Å²) in [5.41, 5.74) is 2.92. The third-order valence-corrected chi connectivity index (χ3v) is 5.06. The average molecular weight is 413 g/mol. The van der Waals surface area contributed by atoms with Crippen LogP contribution in [0.3, 0.4) is 0 Å². The van der Waals surface area contributed by atoms with Crippen molar-refractivity contribution in [2.45, 2.75) is 18.2 Å². The van der Waals surface area contributed by atoms with Gasteiger partial charge in [-0.3, -0.25) is 9.59 Å². The van der Waals surface area contributed by atoms with Gasteiger partial charge in [0.2, 0.25) is 0 Å². The first-order chi connectivity index (χ1) is 13.5. The van der Waals surface area contributed by atoms with Gasteiger partial charge in [0.1, 0.15) is 0 Å². The van der Waals surface area contributed by atoms with E-state index in [4.69, 9.17) is 16.7 Å². The van der Waals surface area contributed by atoms with Crippen molar-refractivity contribution < 1.29 is 14.7 Å². The van der Waals surface area contributed by atoms with Gasteiger partial charge in [-0.1, -0.05) is 66.2 Å². The summed E-state index contributed by atoms with van der Waals surface area (Å²) < 4.78 is 0. The molecule has 144 valence electrons. The molecule has 1 N–H and O–H groups in total. The van der Waals surface area contributed by atoms with E-state index in [1.807, 2.05) is 78.9 Å². The maximum atomic E-state index is 11.1. The van der Waals surface area contributed by atoms with Crippen molar-refractivity contribution in [2.24, 2.45) is 0 Å². The fourth-order valence-corrected chi connectivity index (χ4v) is 3.30. The summed E-state index contributed by atoms with van der Waals surface area (Å²) in [6, 6.07) is 25.0. The lowest BCUT2D eigenvalue weighted by atomic mass is 10.0. The molecule has 3 aromatic rings. The maximum absolute atomic E-state index is 11.1. The van der Waals surface area contributed by atoms with E-state index in [9.17, 15) is 9.59 Å². The summed E-state index contributed by atoms with van der Waals surface area (Å²) in [4.78, 5) is 22.4. The standard InChI is InChI=1S/C14H11ClO.C9H10O2S/c1-10(16)11-2-4-12(5-3-11)13-6-8-14(15)9-7-13;10-9(11)6-7-12-8-4-2-1-3-5-8/h2-9H,1H3;1-5H,6-7H2,(H,10,11). The third kappa shape index (κ3) is 7.59. The molecule has 0 saturated carbocycles. The van der Waals surface area contributed by atoms with Crippen LogP contribution in [0.25, 0.3) is 11.1 Å². The smallest absolute Gasteiger partial charge is 0.304 e. The fourth-order valence-electron chi connectivity index (χ4n) is 2.31. The lowest BCUT2D eigenvalue weighted by Crippen LogP contribution is -1.95. The monoisotopic (exact) mass is 412 g/mol. The van der Waals surface area contributed by atoms with Crippen molar-refractivity contribution in [3.63, 3.8) is 0 Å². The predicted molar refractivity (Wildman–Crippen MR) is 116 cm³/mol. The molecule has 0 radical (unpaired) electrons. The van der Waals surface area contributed by atoms with E-state index in [1.165, 1.54) is 0 Å². The van der Waals surface area contributed by atoms with Crippen LogP contribution >= 0.6 is 23.4 Å². The molecule has 0 unspecified atom stereocenters. The van der Waals surface area contributed by atoms with Crippen LogP contribution in [-0.4, -0.2) is 22.6 Å². The molecule has 0 atom stereocenters. The van der Waals surface area contributed by atoms with Crippen molar-refractivity contribution in [2.75, 3.05) is 5.75 Å². The first-order valence-corrected chi connectivity index (χ1v) is 10.1. The lowest BCUT2D eigenvalue weighted by Gasteiger charge is -2.02. The molecule has 3 nitrogen and oxygen atoms in total. The van der Waals surface area contributed by atoms with Gasteiger partial charge in [-0.2, -0.15) is 0 Å². The fraction of sp³-hybridized carbons (Fsp3) is 0.130. The first-order valence-electron chi connectivity index (χ1n) is 8.72. The Morgan fingerprint density at radius 1 is 0.857 bits per heavy atom. The van der Waals surface area contributed by atoms with Crippen LogP contribution in [0, 0.1) is 0 Å². The molecular weight excluding hydrogens is 392 g/mol. The Bertz CT molecular complexity index is 891. The van der Waals surface area contributed by atoms with Gasteiger partial charge in [0.25, 0.3) is 0 Å². The lowest BCUT2D eigenvalue weighted by molar-refractivity contribution is -0.136. The predicted octanol–water partition coefficient (Wildman–Crippen LogP) is 6.46. The van der Waals surface area contributed by atoms with Gasteiger partial charge in [0, 0.05) is 21.2 Å². The number of carboxylic acids is 1. The minimum absolute atomic E-state index is 0.0858. The van der Waals surface area contributed by atoms with Crippen molar-refractivity contribution in [3.05, 3.63) is 89.4 Å². The molecule has 0 aliphatic heterocycles. The summed E-state index contributed by atoms with van der Waals surface area (Å²) in [6.07, 6.45) is 0.222. The average Bonchev–Trinajstić information content (AvgIpc) is 2.70. The highest BCUT2D eigenvalue weighted by Gasteiger charge is 2.01. The molecule has 0 aliphatic rings. The first kappa shape index (κ1) is 21.7. The second-order valence-electron chi connectivity index (χ2n) is 5.95. The van der Waals surface area contributed by atoms with E-state index in [1.54, 1.807) is 18.7 Å². The van der Waals surface area contributed by atoms with E-state index in [-0.39, 0.29) is 12.2 Å². The van der Waals surface area contributed by atoms with Crippen LogP contribution in [0.15, 0.2) is 83.8 Å². The van der Waals surface area contributed by atoms with Crippen molar-refractivity contribution in [1.82, 2.24) is 0 Å². The summed E-state index contributed by atoms with van der Waals surface area (Å²) in [5, 5.41) is 9.10. The Hall–Kier alpha value is -2.56. The van der Waals surface area contributed by atoms with Crippen LogP contribution in [0.1, 0.15) is 23.7 Å². The number of carbonyl (C=O) groups is 2. The number of rotatable bonds is 6. The molecule has 3 aromatic carbocycles. The van der Waals surface area contributed by atoms with Gasteiger partial charge in [-0.25, -0.2) is 0 Å². The zero-order valence-corrected chi connectivity index (χ0v) is 17.0. The highest BCUT2D eigenvalue weighted by Crippen LogP contribution is 2.22. The number of thioether (sulfide) groups is 1. The molecule has 0 saturated heterocycles. The minimum atomic E-state index is -0.738.